The van der Waals surface area contributed by atoms with Gasteiger partial charge in [0, 0.05) is 17.8 Å². The number of fused-ring (bicyclic) bond motifs is 1. The molecule has 1 N–H and O–H groups in total. The normalized spacial score (nSPS) is 19.4. The Hall–Kier alpha value is -1.22. The minimum absolute atomic E-state index is 0.440. The van der Waals surface area contributed by atoms with Gasteiger partial charge in [-0.3, -0.25) is 0 Å². The summed E-state index contributed by atoms with van der Waals surface area (Å²) in [6, 6.07) is 3.42. The molecule has 2 rings (SSSR count). The van der Waals surface area contributed by atoms with Gasteiger partial charge < -0.3 is 10.0 Å². The number of nitrogens with zero attached hydrogens (tertiary/aromatic N) is 1. The number of hydrogen-bond donors (Lipinski definition) is 1. The van der Waals surface area contributed by atoms with E-state index >= 15 is 0 Å². The van der Waals surface area contributed by atoms with Crippen LogP contribution in [0.4, 0.5) is 5.69 Å². The molecule has 1 atom stereocenters. The maximum Gasteiger partial charge on any atom is 0.326 e. The molecule has 0 aromatic heterocycles. The Bertz CT molecular complexity index is 445. The summed E-state index contributed by atoms with van der Waals surface area (Å²) in [5.41, 5.74) is 3.13. The second kappa shape index (κ2) is 3.98. The lowest BCUT2D eigenvalue weighted by molar-refractivity contribution is -0.138. The van der Waals surface area contributed by atoms with Crippen LogP contribution in [0.5, 0.6) is 0 Å². The zero-order chi connectivity index (χ0) is 11.9. The first-order valence-corrected chi connectivity index (χ1v) is 5.63. The van der Waals surface area contributed by atoms with Gasteiger partial charge in [-0.2, -0.15) is 0 Å². The SMILES string of the molecule is Cc1c(Cl)ccc2c1N(C)C(C(=O)O)CC2. The van der Waals surface area contributed by atoms with E-state index in [4.69, 9.17) is 16.7 Å². The van der Waals surface area contributed by atoms with E-state index in [0.717, 1.165) is 17.7 Å². The molecule has 0 amide bonds. The van der Waals surface area contributed by atoms with Crippen LogP contribution in [-0.4, -0.2) is 24.2 Å². The van der Waals surface area contributed by atoms with E-state index in [-0.39, 0.29) is 0 Å². The Morgan fingerprint density at radius 3 is 2.88 bits per heavy atom. The average molecular weight is 240 g/mol. The molecule has 1 aliphatic rings. The third kappa shape index (κ3) is 1.65. The Balaban J connectivity index is 2.50. The predicted octanol–water partition coefficient (Wildman–Crippen LogP) is 2.48. The highest BCUT2D eigenvalue weighted by molar-refractivity contribution is 6.31. The first-order valence-electron chi connectivity index (χ1n) is 5.26. The second-order valence-electron chi connectivity index (χ2n) is 4.18. The van der Waals surface area contributed by atoms with Gasteiger partial charge in [-0.05, 0) is 37.0 Å². The first-order chi connectivity index (χ1) is 7.52. The number of carboxylic acid groups (broad SMARTS) is 1. The molecule has 16 heavy (non-hydrogen) atoms. The van der Waals surface area contributed by atoms with Crippen molar-refractivity contribution in [3.63, 3.8) is 0 Å². The highest BCUT2D eigenvalue weighted by Crippen LogP contribution is 2.36. The molecule has 1 unspecified atom stereocenters. The highest BCUT2D eigenvalue weighted by atomic mass is 35.5. The summed E-state index contributed by atoms with van der Waals surface area (Å²) in [5.74, 6) is -0.771. The Morgan fingerprint density at radius 2 is 2.25 bits per heavy atom. The predicted molar refractivity (Wildman–Crippen MR) is 64.3 cm³/mol. The third-order valence-corrected chi connectivity index (χ3v) is 3.65. The molecule has 86 valence electrons. The van der Waals surface area contributed by atoms with Crippen molar-refractivity contribution >= 4 is 23.3 Å². The van der Waals surface area contributed by atoms with E-state index in [2.05, 4.69) is 0 Å². The topological polar surface area (TPSA) is 40.5 Å². The van der Waals surface area contributed by atoms with Gasteiger partial charge in [0.15, 0.2) is 0 Å². The van der Waals surface area contributed by atoms with Crippen LogP contribution in [0.3, 0.4) is 0 Å². The summed E-state index contributed by atoms with van der Waals surface area (Å²) >= 11 is 6.06. The van der Waals surface area contributed by atoms with Gasteiger partial charge in [-0.1, -0.05) is 17.7 Å². The number of halogens is 1. The molecule has 0 fully saturated rings. The maximum absolute atomic E-state index is 11.1. The number of hydrogen-bond acceptors (Lipinski definition) is 2. The lowest BCUT2D eigenvalue weighted by Crippen LogP contribution is -2.42. The van der Waals surface area contributed by atoms with Crippen LogP contribution in [0, 0.1) is 6.92 Å². The highest BCUT2D eigenvalue weighted by Gasteiger charge is 2.30. The number of likely N-dealkylation sites (N-methyl/N-ethyl adjacent to an activating group) is 1. The summed E-state index contributed by atoms with van der Waals surface area (Å²) in [6.45, 7) is 1.93. The van der Waals surface area contributed by atoms with Crippen molar-refractivity contribution < 1.29 is 9.90 Å². The van der Waals surface area contributed by atoms with Gasteiger partial charge in [-0.15, -0.1) is 0 Å². The quantitative estimate of drug-likeness (QED) is 0.819. The number of benzene rings is 1. The molecule has 0 bridgehead atoms. The fourth-order valence-corrected chi connectivity index (χ4v) is 2.51. The number of carboxylic acids is 1. The molecular weight excluding hydrogens is 226 g/mol. The second-order valence-corrected chi connectivity index (χ2v) is 4.59. The van der Waals surface area contributed by atoms with E-state index in [0.29, 0.717) is 11.4 Å². The van der Waals surface area contributed by atoms with Crippen molar-refractivity contribution in [2.45, 2.75) is 25.8 Å². The average Bonchev–Trinajstić information content (AvgIpc) is 2.23. The molecular formula is C12H14ClNO2. The lowest BCUT2D eigenvalue weighted by Gasteiger charge is -2.34. The number of aryl methyl sites for hydroxylation is 1. The Labute approximate surface area is 99.6 Å². The van der Waals surface area contributed by atoms with Gasteiger partial charge >= 0.3 is 5.97 Å². The summed E-state index contributed by atoms with van der Waals surface area (Å²) in [4.78, 5) is 12.9. The van der Waals surface area contributed by atoms with Crippen molar-refractivity contribution in [3.05, 3.63) is 28.3 Å². The molecule has 4 heteroatoms. The molecule has 0 spiro atoms. The first kappa shape index (κ1) is 11.3. The summed E-state index contributed by atoms with van der Waals surface area (Å²) in [7, 11) is 1.82. The number of anilines is 1. The van der Waals surface area contributed by atoms with Gasteiger partial charge in [0.25, 0.3) is 0 Å². The van der Waals surface area contributed by atoms with Crippen LogP contribution >= 0.6 is 11.6 Å². The van der Waals surface area contributed by atoms with Crippen LogP contribution in [0.2, 0.25) is 5.02 Å². The minimum Gasteiger partial charge on any atom is -0.480 e. The van der Waals surface area contributed by atoms with E-state index in [1.54, 1.807) is 0 Å². The molecule has 1 aliphatic heterocycles. The smallest absolute Gasteiger partial charge is 0.326 e. The monoisotopic (exact) mass is 239 g/mol. The molecule has 0 saturated carbocycles. The van der Waals surface area contributed by atoms with E-state index in [1.165, 1.54) is 5.56 Å². The summed E-state index contributed by atoms with van der Waals surface area (Å²) in [5, 5.41) is 9.81. The molecule has 1 aromatic rings. The van der Waals surface area contributed by atoms with Crippen molar-refractivity contribution in [2.24, 2.45) is 0 Å². The molecule has 3 nitrogen and oxygen atoms in total. The standard InChI is InChI=1S/C12H14ClNO2/c1-7-9(13)5-3-8-4-6-10(12(15)16)14(2)11(7)8/h3,5,10H,4,6H2,1-2H3,(H,15,16). The van der Waals surface area contributed by atoms with E-state index < -0.39 is 12.0 Å². The summed E-state index contributed by atoms with van der Waals surface area (Å²) in [6.07, 6.45) is 1.45. The third-order valence-electron chi connectivity index (χ3n) is 3.24. The Morgan fingerprint density at radius 1 is 1.56 bits per heavy atom. The fourth-order valence-electron chi connectivity index (χ4n) is 2.36. The van der Waals surface area contributed by atoms with Crippen molar-refractivity contribution in [3.8, 4) is 0 Å². The zero-order valence-corrected chi connectivity index (χ0v) is 10.1. The summed E-state index contributed by atoms with van der Waals surface area (Å²) < 4.78 is 0. The molecule has 0 radical (unpaired) electrons. The van der Waals surface area contributed by atoms with Crippen molar-refractivity contribution in [1.82, 2.24) is 0 Å². The minimum atomic E-state index is -0.771. The number of carbonyl (C=O) groups is 1. The molecule has 1 heterocycles. The van der Waals surface area contributed by atoms with Crippen LogP contribution in [0.1, 0.15) is 17.5 Å². The Kier molecular flexibility index (Phi) is 2.80. The van der Waals surface area contributed by atoms with Gasteiger partial charge in [0.2, 0.25) is 0 Å². The van der Waals surface area contributed by atoms with Crippen LogP contribution in [-0.2, 0) is 11.2 Å². The van der Waals surface area contributed by atoms with Crippen molar-refractivity contribution in [1.29, 1.82) is 0 Å². The largest absolute Gasteiger partial charge is 0.480 e. The van der Waals surface area contributed by atoms with Crippen LogP contribution in [0.15, 0.2) is 12.1 Å². The van der Waals surface area contributed by atoms with Crippen LogP contribution in [0.25, 0.3) is 0 Å². The van der Waals surface area contributed by atoms with E-state index in [1.807, 2.05) is 31.0 Å². The van der Waals surface area contributed by atoms with Gasteiger partial charge in [-0.25, -0.2) is 4.79 Å². The molecule has 1 aromatic carbocycles. The number of aliphatic carboxylic acids is 1. The van der Waals surface area contributed by atoms with Gasteiger partial charge in [0.1, 0.15) is 6.04 Å². The molecule has 0 saturated heterocycles. The van der Waals surface area contributed by atoms with E-state index in [9.17, 15) is 4.79 Å². The molecule has 0 aliphatic carbocycles. The van der Waals surface area contributed by atoms with Gasteiger partial charge in [0.05, 0.1) is 0 Å². The fraction of sp³-hybridized carbons (Fsp3) is 0.417. The maximum atomic E-state index is 11.1. The zero-order valence-electron chi connectivity index (χ0n) is 9.33. The van der Waals surface area contributed by atoms with Crippen LogP contribution < -0.4 is 4.90 Å². The number of rotatable bonds is 1. The lowest BCUT2D eigenvalue weighted by atomic mass is 9.94. The van der Waals surface area contributed by atoms with Crippen molar-refractivity contribution in [2.75, 3.05) is 11.9 Å².